The molecule has 4 heteroatoms. The molecule has 1 aromatic carbocycles. The summed E-state index contributed by atoms with van der Waals surface area (Å²) in [6.45, 7) is 2.09. The third-order valence-corrected chi connectivity index (χ3v) is 2.87. The first-order valence-corrected chi connectivity index (χ1v) is 6.06. The standard InChI is InChI=1S/C14H18N2O2/c1-10(15-2)6-13-9-16-14(18-13)8-11-4-3-5-12(17)7-11/h3-5,7,9-10,15,17H,6,8H2,1-2H3. The normalized spacial score (nSPS) is 12.6. The lowest BCUT2D eigenvalue weighted by Gasteiger charge is -2.06. The second-order valence-corrected chi connectivity index (χ2v) is 4.46. The van der Waals surface area contributed by atoms with Crippen molar-refractivity contribution in [2.24, 2.45) is 0 Å². The summed E-state index contributed by atoms with van der Waals surface area (Å²) in [5.41, 5.74) is 0.991. The van der Waals surface area contributed by atoms with Crippen molar-refractivity contribution in [1.29, 1.82) is 0 Å². The van der Waals surface area contributed by atoms with E-state index in [4.69, 9.17) is 4.42 Å². The van der Waals surface area contributed by atoms with Crippen molar-refractivity contribution in [3.05, 3.63) is 47.7 Å². The molecule has 0 aliphatic heterocycles. The summed E-state index contributed by atoms with van der Waals surface area (Å²) in [4.78, 5) is 4.25. The number of rotatable bonds is 5. The molecule has 2 N–H and O–H groups in total. The predicted octanol–water partition coefficient (Wildman–Crippen LogP) is 2.12. The van der Waals surface area contributed by atoms with Gasteiger partial charge in [-0.25, -0.2) is 4.98 Å². The van der Waals surface area contributed by atoms with Gasteiger partial charge in [-0.3, -0.25) is 0 Å². The number of aromatic hydroxyl groups is 1. The third kappa shape index (κ3) is 3.34. The van der Waals surface area contributed by atoms with E-state index in [0.29, 0.717) is 18.4 Å². The highest BCUT2D eigenvalue weighted by Gasteiger charge is 2.08. The predicted molar refractivity (Wildman–Crippen MR) is 69.6 cm³/mol. The fourth-order valence-electron chi connectivity index (χ4n) is 1.77. The monoisotopic (exact) mass is 246 g/mol. The van der Waals surface area contributed by atoms with Gasteiger partial charge >= 0.3 is 0 Å². The summed E-state index contributed by atoms with van der Waals surface area (Å²) in [6.07, 6.45) is 3.19. The van der Waals surface area contributed by atoms with Gasteiger partial charge in [0.1, 0.15) is 11.5 Å². The largest absolute Gasteiger partial charge is 0.508 e. The highest BCUT2D eigenvalue weighted by atomic mass is 16.4. The van der Waals surface area contributed by atoms with E-state index in [1.165, 1.54) is 0 Å². The summed E-state index contributed by atoms with van der Waals surface area (Å²) in [6, 6.07) is 7.50. The minimum Gasteiger partial charge on any atom is -0.508 e. The van der Waals surface area contributed by atoms with Gasteiger partial charge in [0.05, 0.1) is 6.20 Å². The van der Waals surface area contributed by atoms with Crippen LogP contribution in [-0.2, 0) is 12.8 Å². The van der Waals surface area contributed by atoms with Crippen LogP contribution in [0.3, 0.4) is 0 Å². The number of oxazole rings is 1. The Morgan fingerprint density at radius 1 is 1.44 bits per heavy atom. The van der Waals surface area contributed by atoms with Gasteiger partial charge in [0.15, 0.2) is 5.89 Å². The molecule has 1 aromatic heterocycles. The highest BCUT2D eigenvalue weighted by Crippen LogP contribution is 2.15. The van der Waals surface area contributed by atoms with E-state index in [-0.39, 0.29) is 5.75 Å². The fraction of sp³-hybridized carbons (Fsp3) is 0.357. The van der Waals surface area contributed by atoms with Gasteiger partial charge in [-0.1, -0.05) is 12.1 Å². The van der Waals surface area contributed by atoms with E-state index >= 15 is 0 Å². The Kier molecular flexibility index (Phi) is 3.99. The molecular weight excluding hydrogens is 228 g/mol. The quantitative estimate of drug-likeness (QED) is 0.848. The summed E-state index contributed by atoms with van der Waals surface area (Å²) >= 11 is 0. The summed E-state index contributed by atoms with van der Waals surface area (Å²) in [5, 5.41) is 12.5. The Balaban J connectivity index is 2.02. The topological polar surface area (TPSA) is 58.3 Å². The highest BCUT2D eigenvalue weighted by molar-refractivity contribution is 5.28. The van der Waals surface area contributed by atoms with Crippen LogP contribution in [0.5, 0.6) is 5.75 Å². The molecule has 0 amide bonds. The van der Waals surface area contributed by atoms with Crippen molar-refractivity contribution < 1.29 is 9.52 Å². The molecule has 18 heavy (non-hydrogen) atoms. The van der Waals surface area contributed by atoms with Gasteiger partial charge in [-0.05, 0) is 31.7 Å². The van der Waals surface area contributed by atoms with Crippen LogP contribution in [0.25, 0.3) is 0 Å². The molecule has 0 fully saturated rings. The average Bonchev–Trinajstić information content (AvgIpc) is 2.76. The van der Waals surface area contributed by atoms with Gasteiger partial charge in [0, 0.05) is 18.9 Å². The molecule has 0 spiro atoms. The number of hydrogen-bond donors (Lipinski definition) is 2. The smallest absolute Gasteiger partial charge is 0.198 e. The second-order valence-electron chi connectivity index (χ2n) is 4.46. The van der Waals surface area contributed by atoms with Crippen LogP contribution in [0.1, 0.15) is 24.1 Å². The average molecular weight is 246 g/mol. The first-order valence-electron chi connectivity index (χ1n) is 6.06. The van der Waals surface area contributed by atoms with Crippen LogP contribution in [0.4, 0.5) is 0 Å². The number of phenolic OH excluding ortho intramolecular Hbond substituents is 1. The molecule has 0 bridgehead atoms. The molecular formula is C14H18N2O2. The summed E-state index contributed by atoms with van der Waals surface area (Å²) < 4.78 is 5.67. The molecule has 2 rings (SSSR count). The summed E-state index contributed by atoms with van der Waals surface area (Å²) in [7, 11) is 1.93. The number of benzene rings is 1. The summed E-state index contributed by atoms with van der Waals surface area (Å²) in [5.74, 6) is 1.83. The van der Waals surface area contributed by atoms with Gasteiger partial charge in [-0.2, -0.15) is 0 Å². The lowest BCUT2D eigenvalue weighted by atomic mass is 10.1. The first-order chi connectivity index (χ1) is 8.67. The molecule has 2 aromatic rings. The fourth-order valence-corrected chi connectivity index (χ4v) is 1.77. The Hall–Kier alpha value is -1.81. The van der Waals surface area contributed by atoms with Crippen LogP contribution >= 0.6 is 0 Å². The SMILES string of the molecule is CNC(C)Cc1cnc(Cc2cccc(O)c2)o1. The van der Waals surface area contributed by atoms with Crippen molar-refractivity contribution in [1.82, 2.24) is 10.3 Å². The van der Waals surface area contributed by atoms with E-state index in [0.717, 1.165) is 17.7 Å². The van der Waals surface area contributed by atoms with Crippen molar-refractivity contribution in [3.8, 4) is 5.75 Å². The minimum absolute atomic E-state index is 0.267. The molecule has 0 aliphatic rings. The van der Waals surface area contributed by atoms with Crippen molar-refractivity contribution in [2.75, 3.05) is 7.05 Å². The van der Waals surface area contributed by atoms with Crippen LogP contribution < -0.4 is 5.32 Å². The zero-order valence-corrected chi connectivity index (χ0v) is 10.7. The molecule has 0 radical (unpaired) electrons. The van der Waals surface area contributed by atoms with E-state index in [2.05, 4.69) is 17.2 Å². The van der Waals surface area contributed by atoms with E-state index < -0.39 is 0 Å². The van der Waals surface area contributed by atoms with E-state index in [1.807, 2.05) is 19.2 Å². The van der Waals surface area contributed by atoms with Crippen LogP contribution in [0, 0.1) is 0 Å². The molecule has 1 unspecified atom stereocenters. The Bertz CT molecular complexity index is 508. The van der Waals surface area contributed by atoms with E-state index in [1.54, 1.807) is 18.3 Å². The number of aromatic nitrogens is 1. The second kappa shape index (κ2) is 5.69. The number of likely N-dealkylation sites (N-methyl/N-ethyl adjacent to an activating group) is 1. The maximum Gasteiger partial charge on any atom is 0.198 e. The molecule has 0 saturated heterocycles. The van der Waals surface area contributed by atoms with Crippen LogP contribution in [0.2, 0.25) is 0 Å². The number of phenols is 1. The van der Waals surface area contributed by atoms with Gasteiger partial charge in [0.25, 0.3) is 0 Å². The molecule has 1 heterocycles. The van der Waals surface area contributed by atoms with Crippen molar-refractivity contribution in [2.45, 2.75) is 25.8 Å². The zero-order chi connectivity index (χ0) is 13.0. The number of nitrogens with one attached hydrogen (secondary N) is 1. The van der Waals surface area contributed by atoms with Crippen molar-refractivity contribution in [3.63, 3.8) is 0 Å². The maximum absolute atomic E-state index is 9.39. The molecule has 0 aliphatic carbocycles. The van der Waals surface area contributed by atoms with Crippen LogP contribution in [-0.4, -0.2) is 23.2 Å². The lowest BCUT2D eigenvalue weighted by Crippen LogP contribution is -2.23. The Morgan fingerprint density at radius 3 is 3.00 bits per heavy atom. The van der Waals surface area contributed by atoms with Gasteiger partial charge in [-0.15, -0.1) is 0 Å². The molecule has 4 nitrogen and oxygen atoms in total. The third-order valence-electron chi connectivity index (χ3n) is 2.87. The first kappa shape index (κ1) is 12.6. The van der Waals surface area contributed by atoms with Crippen LogP contribution in [0.15, 0.2) is 34.9 Å². The molecule has 96 valence electrons. The maximum atomic E-state index is 9.39. The Labute approximate surface area is 107 Å². The number of hydrogen-bond acceptors (Lipinski definition) is 4. The zero-order valence-electron chi connectivity index (χ0n) is 10.7. The Morgan fingerprint density at radius 2 is 2.28 bits per heavy atom. The minimum atomic E-state index is 0.267. The molecule has 0 saturated carbocycles. The van der Waals surface area contributed by atoms with Crippen molar-refractivity contribution >= 4 is 0 Å². The van der Waals surface area contributed by atoms with Gasteiger partial charge < -0.3 is 14.8 Å². The van der Waals surface area contributed by atoms with Gasteiger partial charge in [0.2, 0.25) is 0 Å². The lowest BCUT2D eigenvalue weighted by molar-refractivity contribution is 0.439. The number of nitrogens with zero attached hydrogens (tertiary/aromatic N) is 1. The molecule has 1 atom stereocenters. The van der Waals surface area contributed by atoms with E-state index in [9.17, 15) is 5.11 Å².